The van der Waals surface area contributed by atoms with Gasteiger partial charge in [0.15, 0.2) is 0 Å². The highest BCUT2D eigenvalue weighted by molar-refractivity contribution is 7.87. The number of nitrogens with zero attached hydrogens (tertiary/aromatic N) is 2. The molecule has 5 atom stereocenters. The van der Waals surface area contributed by atoms with Crippen molar-refractivity contribution in [2.75, 3.05) is 20.6 Å². The van der Waals surface area contributed by atoms with E-state index in [0.717, 1.165) is 30.0 Å². The van der Waals surface area contributed by atoms with Gasteiger partial charge in [0.1, 0.15) is 11.6 Å². The number of carbonyl (C=O) groups excluding carboxylic acids is 3. The molecule has 12 heteroatoms. The number of allylic oxidation sites excluding steroid dienone is 1. The highest BCUT2D eigenvalue weighted by atomic mass is 32.2. The molecular weight excluding hydrogens is 438 g/mol. The van der Waals surface area contributed by atoms with Crippen LogP contribution in [0.4, 0.5) is 0 Å². The number of hydrogen-bond acceptors (Lipinski definition) is 7. The van der Waals surface area contributed by atoms with Gasteiger partial charge in [-0.3, -0.25) is 14.4 Å². The van der Waals surface area contributed by atoms with Gasteiger partial charge in [0, 0.05) is 33.0 Å². The molecule has 0 aromatic heterocycles. The van der Waals surface area contributed by atoms with Crippen LogP contribution in [0.1, 0.15) is 44.9 Å². The standard InChI is InChI=1S/C20H33N5O6S/c1-24(2)32(30,31)23-19(29)20-11-13(20)8-6-4-3-5-7-9-15(21)18(28)25-12-14(26)10-16(25)17(27)22-20/h6,8,13-16,26H,3-5,7,9-12,21H2,1-2H3,(H,22,27)(H,23,29)/b8-6-/t13-,14-,15+,16+,20-/m1/s1. The quantitative estimate of drug-likeness (QED) is 0.368. The summed E-state index contributed by atoms with van der Waals surface area (Å²) in [7, 11) is -1.46. The number of aliphatic hydroxyl groups excluding tert-OH is 1. The van der Waals surface area contributed by atoms with Gasteiger partial charge < -0.3 is 21.1 Å². The van der Waals surface area contributed by atoms with Crippen LogP contribution in [0, 0.1) is 5.92 Å². The molecule has 2 aliphatic heterocycles. The van der Waals surface area contributed by atoms with Gasteiger partial charge in [0.05, 0.1) is 12.1 Å². The van der Waals surface area contributed by atoms with Gasteiger partial charge in [-0.15, -0.1) is 0 Å². The number of hydrogen-bond donors (Lipinski definition) is 4. The molecule has 32 heavy (non-hydrogen) atoms. The lowest BCUT2D eigenvalue weighted by atomic mass is 10.1. The van der Waals surface area contributed by atoms with Gasteiger partial charge in [-0.25, -0.2) is 4.72 Å². The zero-order valence-corrected chi connectivity index (χ0v) is 19.3. The molecule has 11 nitrogen and oxygen atoms in total. The van der Waals surface area contributed by atoms with Crippen LogP contribution < -0.4 is 15.8 Å². The summed E-state index contributed by atoms with van der Waals surface area (Å²) >= 11 is 0. The maximum absolute atomic E-state index is 13.2. The summed E-state index contributed by atoms with van der Waals surface area (Å²) in [6.07, 6.45) is 6.94. The van der Waals surface area contributed by atoms with Crippen molar-refractivity contribution in [3.05, 3.63) is 12.2 Å². The second-order valence-corrected chi connectivity index (χ2v) is 10.9. The Labute approximate surface area is 188 Å². The zero-order chi connectivity index (χ0) is 23.7. The lowest BCUT2D eigenvalue weighted by Gasteiger charge is -2.28. The van der Waals surface area contributed by atoms with E-state index in [-0.39, 0.29) is 25.3 Å². The lowest BCUT2D eigenvalue weighted by Crippen LogP contribution is -2.58. The third kappa shape index (κ3) is 5.13. The third-order valence-corrected chi connectivity index (χ3v) is 7.81. The highest BCUT2D eigenvalue weighted by Crippen LogP contribution is 2.45. The van der Waals surface area contributed by atoms with Crippen LogP contribution in [0.25, 0.3) is 0 Å². The summed E-state index contributed by atoms with van der Waals surface area (Å²) in [4.78, 5) is 40.3. The lowest BCUT2D eigenvalue weighted by molar-refractivity contribution is -0.140. The van der Waals surface area contributed by atoms with Crippen molar-refractivity contribution in [1.82, 2.24) is 19.2 Å². The Hall–Kier alpha value is -2.02. The molecule has 0 bridgehead atoms. The largest absolute Gasteiger partial charge is 0.391 e. The van der Waals surface area contributed by atoms with Gasteiger partial charge in [0.25, 0.3) is 5.91 Å². The monoisotopic (exact) mass is 471 g/mol. The zero-order valence-electron chi connectivity index (χ0n) is 18.5. The van der Waals surface area contributed by atoms with E-state index < -0.39 is 51.7 Å². The predicted molar refractivity (Wildman–Crippen MR) is 116 cm³/mol. The summed E-state index contributed by atoms with van der Waals surface area (Å²) in [6.45, 7) is -0.0117. The molecule has 3 amide bonds. The normalized spacial score (nSPS) is 35.2. The number of aliphatic hydroxyl groups is 1. The minimum atomic E-state index is -4.05. The fourth-order valence-corrected chi connectivity index (χ4v) is 4.89. The van der Waals surface area contributed by atoms with Gasteiger partial charge in [-0.1, -0.05) is 25.0 Å². The van der Waals surface area contributed by atoms with Gasteiger partial charge in [0.2, 0.25) is 11.8 Å². The van der Waals surface area contributed by atoms with E-state index in [9.17, 15) is 27.9 Å². The Morgan fingerprint density at radius 3 is 2.72 bits per heavy atom. The molecule has 0 radical (unpaired) electrons. The molecule has 2 fully saturated rings. The van der Waals surface area contributed by atoms with Crippen LogP contribution in [0.15, 0.2) is 12.2 Å². The van der Waals surface area contributed by atoms with Crippen LogP contribution in [0.5, 0.6) is 0 Å². The van der Waals surface area contributed by atoms with E-state index in [1.807, 2.05) is 16.9 Å². The predicted octanol–water partition coefficient (Wildman–Crippen LogP) is -1.41. The Morgan fingerprint density at radius 1 is 1.31 bits per heavy atom. The molecule has 1 saturated heterocycles. The van der Waals surface area contributed by atoms with Crippen molar-refractivity contribution < 1.29 is 27.9 Å². The topological polar surface area (TPSA) is 162 Å². The molecule has 2 heterocycles. The smallest absolute Gasteiger partial charge is 0.303 e. The second kappa shape index (κ2) is 9.46. The average Bonchev–Trinajstić information content (AvgIpc) is 3.26. The Morgan fingerprint density at radius 2 is 2.03 bits per heavy atom. The molecule has 5 N–H and O–H groups in total. The number of carbonyl (C=O) groups is 3. The van der Waals surface area contributed by atoms with Crippen molar-refractivity contribution in [2.45, 2.75) is 68.7 Å². The van der Waals surface area contributed by atoms with E-state index in [0.29, 0.717) is 6.42 Å². The first kappa shape index (κ1) is 24.6. The summed E-state index contributed by atoms with van der Waals surface area (Å²) in [5.41, 5.74) is 4.63. The van der Waals surface area contributed by atoms with Crippen molar-refractivity contribution in [1.29, 1.82) is 0 Å². The van der Waals surface area contributed by atoms with Crippen molar-refractivity contribution in [3.63, 3.8) is 0 Å². The minimum Gasteiger partial charge on any atom is -0.391 e. The SMILES string of the molecule is CN(C)S(=O)(=O)NC(=O)[C@@]12C[C@H]1/C=C\CCCCC[C@H](N)C(=O)N1C[C@H](O)C[C@H]1C(=O)N2. The molecule has 0 aromatic rings. The van der Waals surface area contributed by atoms with E-state index >= 15 is 0 Å². The third-order valence-electron chi connectivity index (χ3n) is 6.40. The number of fused-ring (bicyclic) bond motifs is 2. The second-order valence-electron chi connectivity index (χ2n) is 9.06. The summed E-state index contributed by atoms with van der Waals surface area (Å²) < 4.78 is 27.3. The van der Waals surface area contributed by atoms with Crippen LogP contribution in [-0.2, 0) is 24.6 Å². The van der Waals surface area contributed by atoms with Gasteiger partial charge >= 0.3 is 10.2 Å². The van der Waals surface area contributed by atoms with E-state index in [2.05, 4.69) is 5.32 Å². The van der Waals surface area contributed by atoms with Crippen molar-refractivity contribution in [2.24, 2.45) is 11.7 Å². The maximum Gasteiger partial charge on any atom is 0.303 e. The number of amides is 3. The average molecular weight is 472 g/mol. The summed E-state index contributed by atoms with van der Waals surface area (Å²) in [5.74, 6) is -2.21. The molecule has 3 rings (SSSR count). The van der Waals surface area contributed by atoms with E-state index in [1.54, 1.807) is 0 Å². The van der Waals surface area contributed by atoms with Crippen LogP contribution in [0.2, 0.25) is 0 Å². The molecular formula is C20H33N5O6S. The maximum atomic E-state index is 13.2. The van der Waals surface area contributed by atoms with Crippen molar-refractivity contribution in [3.8, 4) is 0 Å². The molecule has 1 saturated carbocycles. The summed E-state index contributed by atoms with van der Waals surface area (Å²) in [5, 5.41) is 12.8. The summed E-state index contributed by atoms with van der Waals surface area (Å²) in [6, 6.07) is -1.75. The number of rotatable bonds is 3. The fraction of sp³-hybridized carbons (Fsp3) is 0.750. The van der Waals surface area contributed by atoms with E-state index in [1.165, 1.54) is 19.0 Å². The minimum absolute atomic E-state index is 0.0117. The molecule has 0 unspecified atom stereocenters. The first-order chi connectivity index (χ1) is 15.0. The number of nitrogens with two attached hydrogens (primary N) is 1. The Bertz CT molecular complexity index is 891. The molecule has 0 aromatic carbocycles. The van der Waals surface area contributed by atoms with Crippen LogP contribution >= 0.6 is 0 Å². The molecule has 180 valence electrons. The highest BCUT2D eigenvalue weighted by Gasteiger charge is 2.61. The first-order valence-corrected chi connectivity index (χ1v) is 12.4. The van der Waals surface area contributed by atoms with Crippen LogP contribution in [-0.4, -0.2) is 84.8 Å². The Balaban J connectivity index is 1.88. The Kier molecular flexibility index (Phi) is 7.28. The van der Waals surface area contributed by atoms with Crippen molar-refractivity contribution >= 4 is 27.9 Å². The molecule has 3 aliphatic rings. The van der Waals surface area contributed by atoms with Gasteiger partial charge in [-0.2, -0.15) is 12.7 Å². The van der Waals surface area contributed by atoms with Gasteiger partial charge in [-0.05, 0) is 25.7 Å². The molecule has 1 aliphatic carbocycles. The fourth-order valence-electron chi connectivity index (χ4n) is 4.29. The van der Waals surface area contributed by atoms with Crippen LogP contribution in [0.3, 0.4) is 0 Å². The first-order valence-electron chi connectivity index (χ1n) is 11.0. The number of nitrogens with one attached hydrogen (secondary N) is 2. The van der Waals surface area contributed by atoms with E-state index in [4.69, 9.17) is 5.73 Å². The molecule has 0 spiro atoms.